The average molecular weight is 244 g/mol. The van der Waals surface area contributed by atoms with Crippen LogP contribution in [0, 0.1) is 0 Å². The van der Waals surface area contributed by atoms with Crippen molar-refractivity contribution in [1.82, 2.24) is 10.2 Å². The molecule has 1 fully saturated rings. The van der Waals surface area contributed by atoms with Crippen LogP contribution in [0.25, 0.3) is 0 Å². The minimum Gasteiger partial charge on any atom is -0.340 e. The van der Waals surface area contributed by atoms with Gasteiger partial charge in [-0.1, -0.05) is 13.8 Å². The summed E-state index contributed by atoms with van der Waals surface area (Å²) in [7, 11) is 0. The summed E-state index contributed by atoms with van der Waals surface area (Å²) in [6.07, 6.45) is 0.634. The second-order valence-corrected chi connectivity index (χ2v) is 5.55. The van der Waals surface area contributed by atoms with Crippen LogP contribution in [0.15, 0.2) is 0 Å². The molecule has 2 amide bonds. The molecule has 1 aliphatic rings. The summed E-state index contributed by atoms with van der Waals surface area (Å²) in [5, 5.41) is 2.78. The van der Waals surface area contributed by atoms with Crippen molar-refractivity contribution in [3.05, 3.63) is 0 Å². The largest absolute Gasteiger partial charge is 0.340 e. The first-order chi connectivity index (χ1) is 7.53. The normalized spacial score (nSPS) is 25.8. The topological polar surface area (TPSA) is 49.4 Å². The number of rotatable bonds is 5. The number of nitrogens with zero attached hydrogens (tertiary/aromatic N) is 1. The van der Waals surface area contributed by atoms with Crippen molar-refractivity contribution >= 4 is 23.6 Å². The minimum atomic E-state index is -0.702. The van der Waals surface area contributed by atoms with E-state index in [1.54, 1.807) is 23.6 Å². The lowest BCUT2D eigenvalue weighted by Gasteiger charge is -2.39. The van der Waals surface area contributed by atoms with Crippen molar-refractivity contribution in [3.63, 3.8) is 0 Å². The maximum atomic E-state index is 12.1. The molecule has 0 aromatic rings. The summed E-state index contributed by atoms with van der Waals surface area (Å²) in [5.41, 5.74) is -0.702. The lowest BCUT2D eigenvalue weighted by molar-refractivity contribution is -0.149. The van der Waals surface area contributed by atoms with E-state index in [2.05, 4.69) is 12.2 Å². The van der Waals surface area contributed by atoms with Gasteiger partial charge in [-0.25, -0.2) is 0 Å². The summed E-state index contributed by atoms with van der Waals surface area (Å²) in [6, 6.07) is 0. The highest BCUT2D eigenvalue weighted by molar-refractivity contribution is 7.99. The Morgan fingerprint density at radius 3 is 2.69 bits per heavy atom. The van der Waals surface area contributed by atoms with Crippen LogP contribution in [-0.2, 0) is 9.59 Å². The quantitative estimate of drug-likeness (QED) is 0.730. The molecule has 0 aromatic carbocycles. The van der Waals surface area contributed by atoms with Crippen LogP contribution < -0.4 is 5.32 Å². The Kier molecular flexibility index (Phi) is 4.65. The zero-order valence-electron chi connectivity index (χ0n) is 10.2. The smallest absolute Gasteiger partial charge is 0.248 e. The van der Waals surface area contributed by atoms with Gasteiger partial charge in [-0.15, -0.1) is 0 Å². The molecule has 0 saturated carbocycles. The fourth-order valence-electron chi connectivity index (χ4n) is 1.73. The average Bonchev–Trinajstić information content (AvgIpc) is 2.25. The Balaban J connectivity index is 2.63. The molecule has 92 valence electrons. The van der Waals surface area contributed by atoms with Gasteiger partial charge < -0.3 is 10.2 Å². The molecule has 1 aliphatic heterocycles. The van der Waals surface area contributed by atoms with Crippen LogP contribution in [0.2, 0.25) is 0 Å². The van der Waals surface area contributed by atoms with Gasteiger partial charge in [-0.2, -0.15) is 11.8 Å². The van der Waals surface area contributed by atoms with Crippen LogP contribution in [0.4, 0.5) is 0 Å². The first kappa shape index (κ1) is 13.4. The van der Waals surface area contributed by atoms with E-state index in [1.807, 2.05) is 6.92 Å². The first-order valence-electron chi connectivity index (χ1n) is 5.71. The van der Waals surface area contributed by atoms with Gasteiger partial charge in [0.1, 0.15) is 5.54 Å². The van der Waals surface area contributed by atoms with Gasteiger partial charge in [0.15, 0.2) is 0 Å². The van der Waals surface area contributed by atoms with E-state index < -0.39 is 5.54 Å². The number of amides is 2. The third-order valence-electron chi connectivity index (χ3n) is 2.93. The minimum absolute atomic E-state index is 0.0475. The van der Waals surface area contributed by atoms with Crippen molar-refractivity contribution < 1.29 is 9.59 Å². The zero-order valence-corrected chi connectivity index (χ0v) is 11.0. The second kappa shape index (κ2) is 5.57. The molecule has 0 aliphatic carbocycles. The third-order valence-corrected chi connectivity index (χ3v) is 3.81. The van der Waals surface area contributed by atoms with E-state index in [0.717, 1.165) is 11.5 Å². The Morgan fingerprint density at radius 1 is 1.44 bits per heavy atom. The summed E-state index contributed by atoms with van der Waals surface area (Å²) in [5.74, 6) is 1.94. The molecule has 5 heteroatoms. The summed E-state index contributed by atoms with van der Waals surface area (Å²) in [4.78, 5) is 25.3. The van der Waals surface area contributed by atoms with Gasteiger partial charge in [0.05, 0.1) is 6.54 Å². The number of carbonyl (C=O) groups is 2. The number of thioether (sulfide) groups is 1. The van der Waals surface area contributed by atoms with Gasteiger partial charge in [-0.05, 0) is 19.1 Å². The van der Waals surface area contributed by atoms with Crippen molar-refractivity contribution in [2.45, 2.75) is 32.7 Å². The molecule has 1 rings (SSSR count). The van der Waals surface area contributed by atoms with Gasteiger partial charge in [0, 0.05) is 12.3 Å². The molecular weight excluding hydrogens is 224 g/mol. The molecule has 4 nitrogen and oxygen atoms in total. The Labute approximate surface area is 101 Å². The van der Waals surface area contributed by atoms with E-state index >= 15 is 0 Å². The lowest BCUT2D eigenvalue weighted by Crippen LogP contribution is -2.65. The van der Waals surface area contributed by atoms with Gasteiger partial charge in [0.25, 0.3) is 0 Å². The fraction of sp³-hybridized carbons (Fsp3) is 0.818. The van der Waals surface area contributed by atoms with E-state index in [-0.39, 0.29) is 18.4 Å². The monoisotopic (exact) mass is 244 g/mol. The highest BCUT2D eigenvalue weighted by Gasteiger charge is 2.41. The predicted octanol–water partition coefficient (Wildman–Crippen LogP) is 0.867. The van der Waals surface area contributed by atoms with Crippen LogP contribution in [0.5, 0.6) is 0 Å². The van der Waals surface area contributed by atoms with Crippen molar-refractivity contribution in [1.29, 1.82) is 0 Å². The maximum Gasteiger partial charge on any atom is 0.248 e. The van der Waals surface area contributed by atoms with E-state index in [1.165, 1.54) is 0 Å². The highest BCUT2D eigenvalue weighted by atomic mass is 32.2. The SMILES string of the molecule is CCSCCN1CC(=O)NC(C)(CC)C1=O. The molecule has 0 aromatic heterocycles. The van der Waals surface area contributed by atoms with Crippen LogP contribution in [0.3, 0.4) is 0 Å². The molecule has 0 spiro atoms. The standard InChI is InChI=1S/C11H20N2O2S/c1-4-11(3)10(15)13(6-7-16-5-2)8-9(14)12-11/h4-8H2,1-3H3,(H,12,14). The molecule has 0 bridgehead atoms. The summed E-state index contributed by atoms with van der Waals surface area (Å²) < 4.78 is 0. The summed E-state index contributed by atoms with van der Waals surface area (Å²) in [6.45, 7) is 6.68. The zero-order chi connectivity index (χ0) is 12.2. The molecule has 1 heterocycles. The first-order valence-corrected chi connectivity index (χ1v) is 6.87. The number of piperazine rings is 1. The van der Waals surface area contributed by atoms with Crippen molar-refractivity contribution in [2.75, 3.05) is 24.6 Å². The molecule has 1 N–H and O–H groups in total. The van der Waals surface area contributed by atoms with E-state index in [4.69, 9.17) is 0 Å². The molecule has 1 unspecified atom stereocenters. The highest BCUT2D eigenvalue weighted by Crippen LogP contribution is 2.18. The van der Waals surface area contributed by atoms with Crippen LogP contribution >= 0.6 is 11.8 Å². The fourth-order valence-corrected chi connectivity index (χ4v) is 2.37. The summed E-state index contributed by atoms with van der Waals surface area (Å²) >= 11 is 1.79. The molecule has 0 radical (unpaired) electrons. The third kappa shape index (κ3) is 2.90. The molecule has 1 atom stereocenters. The van der Waals surface area contributed by atoms with Gasteiger partial charge in [0.2, 0.25) is 11.8 Å². The number of hydrogen-bond acceptors (Lipinski definition) is 3. The number of hydrogen-bond donors (Lipinski definition) is 1. The van der Waals surface area contributed by atoms with E-state index in [9.17, 15) is 9.59 Å². The Bertz CT molecular complexity index is 283. The van der Waals surface area contributed by atoms with E-state index in [0.29, 0.717) is 13.0 Å². The predicted molar refractivity (Wildman–Crippen MR) is 66.4 cm³/mol. The van der Waals surface area contributed by atoms with Crippen LogP contribution in [-0.4, -0.2) is 46.8 Å². The molecule has 1 saturated heterocycles. The maximum absolute atomic E-state index is 12.1. The van der Waals surface area contributed by atoms with Crippen molar-refractivity contribution in [3.8, 4) is 0 Å². The Morgan fingerprint density at radius 2 is 2.12 bits per heavy atom. The van der Waals surface area contributed by atoms with Gasteiger partial charge >= 0.3 is 0 Å². The van der Waals surface area contributed by atoms with Gasteiger partial charge in [-0.3, -0.25) is 9.59 Å². The van der Waals surface area contributed by atoms with Crippen molar-refractivity contribution in [2.24, 2.45) is 0 Å². The molecular formula is C11H20N2O2S. The number of nitrogens with one attached hydrogen (secondary N) is 1. The number of carbonyl (C=O) groups excluding carboxylic acids is 2. The molecule has 16 heavy (non-hydrogen) atoms. The second-order valence-electron chi connectivity index (χ2n) is 4.16. The Hall–Kier alpha value is -0.710. The van der Waals surface area contributed by atoms with Crippen LogP contribution in [0.1, 0.15) is 27.2 Å². The lowest BCUT2D eigenvalue weighted by atomic mass is 9.94.